The zero-order chi connectivity index (χ0) is 24.3. The maximum Gasteiger partial charge on any atom is 0.256 e. The molecule has 3 aromatic carbocycles. The molecule has 7 nitrogen and oxygen atoms in total. The molecule has 0 bridgehead atoms. The minimum atomic E-state index is -0.163. The number of carbonyl (C=O) groups excluding carboxylic acids is 1. The molecule has 0 aliphatic carbocycles. The fraction of sp³-hybridized carbons (Fsp3) is 0.172. The first kappa shape index (κ1) is 22.1. The summed E-state index contributed by atoms with van der Waals surface area (Å²) in [5.41, 5.74) is 5.94. The molecule has 1 fully saturated rings. The second-order valence-corrected chi connectivity index (χ2v) is 9.11. The highest BCUT2D eigenvalue weighted by Crippen LogP contribution is 2.26. The van der Waals surface area contributed by atoms with Gasteiger partial charge >= 0.3 is 0 Å². The van der Waals surface area contributed by atoms with Crippen LogP contribution in [0, 0.1) is 0 Å². The van der Waals surface area contributed by atoms with Crippen LogP contribution < -0.4 is 15.5 Å². The van der Waals surface area contributed by atoms with Crippen molar-refractivity contribution in [3.05, 3.63) is 102 Å². The number of nitrogens with zero attached hydrogens (tertiary/aromatic N) is 3. The van der Waals surface area contributed by atoms with Gasteiger partial charge in [0, 0.05) is 67.3 Å². The number of benzene rings is 3. The average Bonchev–Trinajstić information content (AvgIpc) is 3.57. The van der Waals surface area contributed by atoms with Crippen molar-refractivity contribution in [2.24, 2.45) is 0 Å². The molecule has 0 atom stereocenters. The Morgan fingerprint density at radius 3 is 2.53 bits per heavy atom. The van der Waals surface area contributed by atoms with Crippen LogP contribution >= 0.6 is 0 Å². The molecule has 6 rings (SSSR count). The van der Waals surface area contributed by atoms with E-state index in [2.05, 4.69) is 85.0 Å². The molecule has 5 aromatic rings. The van der Waals surface area contributed by atoms with Crippen LogP contribution in [0.5, 0.6) is 0 Å². The summed E-state index contributed by atoms with van der Waals surface area (Å²) < 4.78 is 2.24. The van der Waals surface area contributed by atoms with E-state index in [0.717, 1.165) is 55.2 Å². The van der Waals surface area contributed by atoms with Crippen LogP contribution in [0.15, 0.2) is 91.1 Å². The van der Waals surface area contributed by atoms with Gasteiger partial charge < -0.3 is 20.1 Å². The zero-order valence-electron chi connectivity index (χ0n) is 19.9. The van der Waals surface area contributed by atoms with Crippen LogP contribution in [-0.2, 0) is 6.54 Å². The van der Waals surface area contributed by atoms with Crippen LogP contribution in [0.25, 0.3) is 22.2 Å². The quantitative estimate of drug-likeness (QED) is 0.331. The number of fused-ring (bicyclic) bond motifs is 1. The van der Waals surface area contributed by atoms with Crippen molar-refractivity contribution in [3.8, 4) is 11.3 Å². The fourth-order valence-electron chi connectivity index (χ4n) is 4.74. The number of rotatable bonds is 6. The van der Waals surface area contributed by atoms with Gasteiger partial charge in [-0.2, -0.15) is 5.10 Å². The number of anilines is 2. The molecule has 0 spiro atoms. The maximum absolute atomic E-state index is 12.8. The van der Waals surface area contributed by atoms with Gasteiger partial charge in [-0.05, 0) is 47.3 Å². The van der Waals surface area contributed by atoms with Crippen LogP contribution in [0.2, 0.25) is 0 Å². The van der Waals surface area contributed by atoms with E-state index in [-0.39, 0.29) is 5.91 Å². The van der Waals surface area contributed by atoms with Gasteiger partial charge in [-0.1, -0.05) is 42.5 Å². The van der Waals surface area contributed by atoms with E-state index in [1.54, 1.807) is 0 Å². The molecule has 1 amide bonds. The molecule has 1 aliphatic rings. The van der Waals surface area contributed by atoms with Gasteiger partial charge in [-0.15, -0.1) is 0 Å². The monoisotopic (exact) mass is 476 g/mol. The number of hydrogen-bond acceptors (Lipinski definition) is 4. The number of H-pyrrole nitrogens is 1. The second-order valence-electron chi connectivity index (χ2n) is 9.11. The molecule has 3 N–H and O–H groups in total. The lowest BCUT2D eigenvalue weighted by atomic mass is 10.1. The smallest absolute Gasteiger partial charge is 0.256 e. The second kappa shape index (κ2) is 9.71. The van der Waals surface area contributed by atoms with Crippen LogP contribution in [0.1, 0.15) is 15.9 Å². The van der Waals surface area contributed by atoms with Crippen molar-refractivity contribution in [2.45, 2.75) is 6.54 Å². The molecule has 3 heterocycles. The van der Waals surface area contributed by atoms with Gasteiger partial charge in [0.15, 0.2) is 0 Å². The lowest BCUT2D eigenvalue weighted by Gasteiger charge is -2.29. The lowest BCUT2D eigenvalue weighted by Crippen LogP contribution is -2.43. The van der Waals surface area contributed by atoms with Crippen molar-refractivity contribution in [2.75, 3.05) is 36.4 Å². The summed E-state index contributed by atoms with van der Waals surface area (Å²) in [4.78, 5) is 15.1. The number of aromatic amines is 1. The number of amides is 1. The van der Waals surface area contributed by atoms with Gasteiger partial charge in [0.25, 0.3) is 5.91 Å². The minimum absolute atomic E-state index is 0.163. The van der Waals surface area contributed by atoms with Crippen molar-refractivity contribution >= 4 is 28.3 Å². The molecular weight excluding hydrogens is 448 g/mol. The highest BCUT2D eigenvalue weighted by molar-refractivity contribution is 6.04. The first-order valence-electron chi connectivity index (χ1n) is 12.3. The molecule has 1 saturated heterocycles. The SMILES string of the molecule is O=C(Nc1cc(-c2ccc3ccn(Cc4ccccc4)c3c2)n[nH]1)c1ccc(N2CCNCC2)cc1. The predicted octanol–water partition coefficient (Wildman–Crippen LogP) is 4.74. The number of nitrogens with one attached hydrogen (secondary N) is 3. The third kappa shape index (κ3) is 4.61. The van der Waals surface area contributed by atoms with Gasteiger partial charge in [-0.25, -0.2) is 0 Å². The van der Waals surface area contributed by atoms with Crippen molar-refractivity contribution < 1.29 is 4.79 Å². The summed E-state index contributed by atoms with van der Waals surface area (Å²) in [6.45, 7) is 4.73. The van der Waals surface area contributed by atoms with E-state index in [0.29, 0.717) is 11.4 Å². The van der Waals surface area contributed by atoms with E-state index in [1.807, 2.05) is 36.4 Å². The van der Waals surface area contributed by atoms with Gasteiger partial charge in [0.2, 0.25) is 0 Å². The zero-order valence-corrected chi connectivity index (χ0v) is 19.9. The normalized spacial score (nSPS) is 13.7. The Hall–Kier alpha value is -4.36. The Morgan fingerprint density at radius 2 is 1.72 bits per heavy atom. The van der Waals surface area contributed by atoms with E-state index < -0.39 is 0 Å². The van der Waals surface area contributed by atoms with Crippen molar-refractivity contribution in [1.82, 2.24) is 20.1 Å². The standard InChI is InChI=1S/C29H28N6O/c36-29(23-8-10-25(11-9-23)34-16-13-30-14-17-34)31-28-19-26(32-33-28)24-7-6-22-12-15-35(27(22)18-24)20-21-4-2-1-3-5-21/h1-12,15,18-19,30H,13-14,16-17,20H2,(H2,31,32,33,36). The third-order valence-corrected chi connectivity index (χ3v) is 6.70. The number of carbonyl (C=O) groups is 1. The van der Waals surface area contributed by atoms with Gasteiger partial charge in [0.1, 0.15) is 5.82 Å². The molecule has 180 valence electrons. The molecule has 36 heavy (non-hydrogen) atoms. The molecule has 0 radical (unpaired) electrons. The molecule has 0 saturated carbocycles. The third-order valence-electron chi connectivity index (χ3n) is 6.70. The Kier molecular flexibility index (Phi) is 5.97. The minimum Gasteiger partial charge on any atom is -0.369 e. The highest BCUT2D eigenvalue weighted by Gasteiger charge is 2.13. The Labute approximate surface area is 209 Å². The summed E-state index contributed by atoms with van der Waals surface area (Å²) in [7, 11) is 0. The Balaban J connectivity index is 1.16. The Bertz CT molecular complexity index is 1480. The largest absolute Gasteiger partial charge is 0.369 e. The summed E-state index contributed by atoms with van der Waals surface area (Å²) in [6, 6.07) is 28.5. The fourth-order valence-corrected chi connectivity index (χ4v) is 4.74. The molecular formula is C29H28N6O. The van der Waals surface area contributed by atoms with E-state index >= 15 is 0 Å². The highest BCUT2D eigenvalue weighted by atomic mass is 16.1. The summed E-state index contributed by atoms with van der Waals surface area (Å²) in [6.07, 6.45) is 2.12. The first-order chi connectivity index (χ1) is 17.7. The molecule has 7 heteroatoms. The molecule has 0 unspecified atom stereocenters. The van der Waals surface area contributed by atoms with Crippen LogP contribution in [0.4, 0.5) is 11.5 Å². The lowest BCUT2D eigenvalue weighted by molar-refractivity contribution is 0.102. The van der Waals surface area contributed by atoms with E-state index in [1.165, 1.54) is 10.9 Å². The molecule has 1 aliphatic heterocycles. The summed E-state index contributed by atoms with van der Waals surface area (Å²) >= 11 is 0. The van der Waals surface area contributed by atoms with Gasteiger partial charge in [-0.3, -0.25) is 9.89 Å². The number of aromatic nitrogens is 3. The van der Waals surface area contributed by atoms with Crippen molar-refractivity contribution in [3.63, 3.8) is 0 Å². The van der Waals surface area contributed by atoms with Crippen LogP contribution in [-0.4, -0.2) is 46.9 Å². The average molecular weight is 477 g/mol. The van der Waals surface area contributed by atoms with E-state index in [4.69, 9.17) is 0 Å². The first-order valence-corrected chi connectivity index (χ1v) is 12.3. The predicted molar refractivity (Wildman–Crippen MR) is 145 cm³/mol. The maximum atomic E-state index is 12.8. The summed E-state index contributed by atoms with van der Waals surface area (Å²) in [5, 5.41) is 14.9. The van der Waals surface area contributed by atoms with Gasteiger partial charge in [0.05, 0.1) is 5.69 Å². The van der Waals surface area contributed by atoms with E-state index in [9.17, 15) is 4.79 Å². The molecule has 2 aromatic heterocycles. The number of piperazine rings is 1. The Morgan fingerprint density at radius 1 is 0.917 bits per heavy atom. The summed E-state index contributed by atoms with van der Waals surface area (Å²) in [5.74, 6) is 0.408. The number of hydrogen-bond donors (Lipinski definition) is 3. The van der Waals surface area contributed by atoms with Crippen molar-refractivity contribution in [1.29, 1.82) is 0 Å². The van der Waals surface area contributed by atoms with Crippen LogP contribution in [0.3, 0.4) is 0 Å². The topological polar surface area (TPSA) is 78.0 Å².